The standard InChI is InChI=1S/C17H18FNO4/c1-9-12-8-11(18)4-5-13(12)23-14(9)10(2)19-15(20)17(6-7-17)16(21)22-3/h4-5,8,10H,6-7H2,1-3H3,(H,19,20)/t10-/m0/s1. The van der Waals surface area contributed by atoms with Crippen molar-refractivity contribution in [3.63, 3.8) is 0 Å². The fourth-order valence-corrected chi connectivity index (χ4v) is 2.87. The molecule has 1 heterocycles. The molecule has 0 bridgehead atoms. The van der Waals surface area contributed by atoms with Gasteiger partial charge in [-0.2, -0.15) is 0 Å². The maximum Gasteiger partial charge on any atom is 0.321 e. The Balaban J connectivity index is 1.84. The SMILES string of the molecule is COC(=O)C1(C(=O)N[C@@H](C)c2oc3ccc(F)cc3c2C)CC1. The summed E-state index contributed by atoms with van der Waals surface area (Å²) in [4.78, 5) is 24.1. The summed E-state index contributed by atoms with van der Waals surface area (Å²) in [6, 6.07) is 3.87. The molecule has 1 aromatic heterocycles. The third-order valence-electron chi connectivity index (χ3n) is 4.44. The van der Waals surface area contributed by atoms with E-state index < -0.39 is 17.4 Å². The van der Waals surface area contributed by atoms with E-state index in [-0.39, 0.29) is 11.7 Å². The molecule has 2 aromatic rings. The molecule has 0 aliphatic heterocycles. The normalized spacial score (nSPS) is 16.9. The first-order valence-corrected chi connectivity index (χ1v) is 7.47. The number of aryl methyl sites for hydroxylation is 1. The van der Waals surface area contributed by atoms with Crippen LogP contribution in [-0.2, 0) is 14.3 Å². The van der Waals surface area contributed by atoms with E-state index in [4.69, 9.17) is 9.15 Å². The lowest BCUT2D eigenvalue weighted by Crippen LogP contribution is -2.39. The number of hydrogen-bond acceptors (Lipinski definition) is 4. The number of nitrogens with one attached hydrogen (secondary N) is 1. The lowest BCUT2D eigenvalue weighted by molar-refractivity contribution is -0.152. The zero-order valence-corrected chi connectivity index (χ0v) is 13.2. The molecule has 1 N–H and O–H groups in total. The third kappa shape index (κ3) is 2.48. The van der Waals surface area contributed by atoms with Gasteiger partial charge in [-0.3, -0.25) is 9.59 Å². The summed E-state index contributed by atoms with van der Waals surface area (Å²) in [5.41, 5.74) is 0.277. The van der Waals surface area contributed by atoms with Crippen molar-refractivity contribution in [3.05, 3.63) is 35.3 Å². The van der Waals surface area contributed by atoms with Crippen LogP contribution in [0.5, 0.6) is 0 Å². The minimum Gasteiger partial charge on any atom is -0.468 e. The summed E-state index contributed by atoms with van der Waals surface area (Å²) in [5.74, 6) is -0.652. The molecule has 122 valence electrons. The highest BCUT2D eigenvalue weighted by atomic mass is 19.1. The summed E-state index contributed by atoms with van der Waals surface area (Å²) in [6.07, 6.45) is 0.977. The molecule has 1 aliphatic carbocycles. The average Bonchev–Trinajstić information content (AvgIpc) is 3.28. The van der Waals surface area contributed by atoms with Crippen molar-refractivity contribution < 1.29 is 23.1 Å². The highest BCUT2D eigenvalue weighted by molar-refractivity contribution is 6.05. The molecule has 1 saturated carbocycles. The van der Waals surface area contributed by atoms with Gasteiger partial charge in [-0.15, -0.1) is 0 Å². The first-order valence-electron chi connectivity index (χ1n) is 7.47. The molecule has 23 heavy (non-hydrogen) atoms. The molecule has 0 saturated heterocycles. The van der Waals surface area contributed by atoms with E-state index in [0.29, 0.717) is 29.6 Å². The second-order valence-corrected chi connectivity index (χ2v) is 6.00. The molecule has 1 aliphatic rings. The van der Waals surface area contributed by atoms with Crippen LogP contribution in [0.2, 0.25) is 0 Å². The van der Waals surface area contributed by atoms with Gasteiger partial charge < -0.3 is 14.5 Å². The van der Waals surface area contributed by atoms with Crippen molar-refractivity contribution in [1.29, 1.82) is 0 Å². The Labute approximate surface area is 132 Å². The molecule has 1 amide bonds. The van der Waals surface area contributed by atoms with E-state index in [0.717, 1.165) is 5.56 Å². The second-order valence-electron chi connectivity index (χ2n) is 6.00. The largest absolute Gasteiger partial charge is 0.468 e. The van der Waals surface area contributed by atoms with Crippen LogP contribution >= 0.6 is 0 Å². The van der Waals surface area contributed by atoms with E-state index in [1.165, 1.54) is 19.2 Å². The Morgan fingerprint density at radius 1 is 1.39 bits per heavy atom. The van der Waals surface area contributed by atoms with Crippen LogP contribution in [-0.4, -0.2) is 19.0 Å². The number of furan rings is 1. The van der Waals surface area contributed by atoms with Gasteiger partial charge in [0.1, 0.15) is 22.6 Å². The molecule has 0 radical (unpaired) electrons. The van der Waals surface area contributed by atoms with Crippen LogP contribution in [0.1, 0.15) is 37.1 Å². The Hall–Kier alpha value is -2.37. The van der Waals surface area contributed by atoms with Crippen LogP contribution in [0.4, 0.5) is 4.39 Å². The number of benzene rings is 1. The number of carbonyl (C=O) groups excluding carboxylic acids is 2. The maximum atomic E-state index is 13.4. The van der Waals surface area contributed by atoms with Crippen molar-refractivity contribution >= 4 is 22.8 Å². The molecular formula is C17H18FNO4. The number of carbonyl (C=O) groups is 2. The molecule has 3 rings (SSSR count). The lowest BCUT2D eigenvalue weighted by atomic mass is 10.0. The van der Waals surface area contributed by atoms with Gasteiger partial charge in [-0.25, -0.2) is 4.39 Å². The quantitative estimate of drug-likeness (QED) is 0.695. The number of ether oxygens (including phenoxy) is 1. The van der Waals surface area contributed by atoms with Crippen molar-refractivity contribution in [3.8, 4) is 0 Å². The highest BCUT2D eigenvalue weighted by Gasteiger charge is 2.58. The first kappa shape index (κ1) is 15.5. The maximum absolute atomic E-state index is 13.4. The molecule has 1 aromatic carbocycles. The second kappa shape index (κ2) is 5.37. The summed E-state index contributed by atoms with van der Waals surface area (Å²) < 4.78 is 23.8. The zero-order valence-electron chi connectivity index (χ0n) is 13.2. The molecule has 6 heteroatoms. The van der Waals surface area contributed by atoms with Gasteiger partial charge >= 0.3 is 5.97 Å². The molecule has 1 atom stereocenters. The topological polar surface area (TPSA) is 68.5 Å². The van der Waals surface area contributed by atoms with Gasteiger partial charge in [0.05, 0.1) is 13.2 Å². The number of methoxy groups -OCH3 is 1. The van der Waals surface area contributed by atoms with Crippen LogP contribution < -0.4 is 5.32 Å². The predicted octanol–water partition coefficient (Wildman–Crippen LogP) is 3.01. The zero-order chi connectivity index (χ0) is 16.8. The number of rotatable bonds is 4. The van der Waals surface area contributed by atoms with Crippen molar-refractivity contribution in [2.75, 3.05) is 7.11 Å². The monoisotopic (exact) mass is 319 g/mol. The molecule has 5 nitrogen and oxygen atoms in total. The fourth-order valence-electron chi connectivity index (χ4n) is 2.87. The van der Waals surface area contributed by atoms with E-state index in [2.05, 4.69) is 5.32 Å². The molecule has 0 unspecified atom stereocenters. The minimum absolute atomic E-state index is 0.340. The number of fused-ring (bicyclic) bond motifs is 1. The predicted molar refractivity (Wildman–Crippen MR) is 81.1 cm³/mol. The van der Waals surface area contributed by atoms with E-state index in [1.807, 2.05) is 6.92 Å². The number of hydrogen-bond donors (Lipinski definition) is 1. The van der Waals surface area contributed by atoms with E-state index >= 15 is 0 Å². The number of esters is 1. The van der Waals surface area contributed by atoms with Crippen LogP contribution in [0.25, 0.3) is 11.0 Å². The first-order chi connectivity index (χ1) is 10.9. The number of halogens is 1. The van der Waals surface area contributed by atoms with Gasteiger partial charge in [0, 0.05) is 10.9 Å². The Kier molecular flexibility index (Phi) is 3.62. The third-order valence-corrected chi connectivity index (χ3v) is 4.44. The van der Waals surface area contributed by atoms with Gasteiger partial charge in [0.15, 0.2) is 0 Å². The molecule has 0 spiro atoms. The van der Waals surface area contributed by atoms with Crippen molar-refractivity contribution in [1.82, 2.24) is 5.32 Å². The van der Waals surface area contributed by atoms with Gasteiger partial charge in [-0.05, 0) is 44.9 Å². The average molecular weight is 319 g/mol. The van der Waals surface area contributed by atoms with E-state index in [1.54, 1.807) is 13.0 Å². The van der Waals surface area contributed by atoms with Crippen molar-refractivity contribution in [2.45, 2.75) is 32.7 Å². The molecular weight excluding hydrogens is 301 g/mol. The van der Waals surface area contributed by atoms with Crippen LogP contribution in [0.15, 0.2) is 22.6 Å². The number of amides is 1. The van der Waals surface area contributed by atoms with Crippen LogP contribution in [0.3, 0.4) is 0 Å². The van der Waals surface area contributed by atoms with Crippen molar-refractivity contribution in [2.24, 2.45) is 5.41 Å². The van der Waals surface area contributed by atoms with Gasteiger partial charge in [0.25, 0.3) is 0 Å². The Morgan fingerprint density at radius 3 is 2.70 bits per heavy atom. The summed E-state index contributed by atoms with van der Waals surface area (Å²) in [5, 5.41) is 3.48. The van der Waals surface area contributed by atoms with Gasteiger partial charge in [0.2, 0.25) is 5.91 Å². The van der Waals surface area contributed by atoms with Gasteiger partial charge in [-0.1, -0.05) is 0 Å². The minimum atomic E-state index is -1.06. The molecule has 1 fully saturated rings. The summed E-state index contributed by atoms with van der Waals surface area (Å²) >= 11 is 0. The Morgan fingerprint density at radius 2 is 2.09 bits per heavy atom. The highest BCUT2D eigenvalue weighted by Crippen LogP contribution is 2.47. The Bertz CT molecular complexity index is 791. The lowest BCUT2D eigenvalue weighted by Gasteiger charge is -2.17. The fraction of sp³-hybridized carbons (Fsp3) is 0.412. The summed E-state index contributed by atoms with van der Waals surface area (Å²) in [6.45, 7) is 3.59. The van der Waals surface area contributed by atoms with Crippen LogP contribution in [0, 0.1) is 18.2 Å². The summed E-state index contributed by atoms with van der Waals surface area (Å²) in [7, 11) is 1.27. The van der Waals surface area contributed by atoms with E-state index in [9.17, 15) is 14.0 Å². The smallest absolute Gasteiger partial charge is 0.321 e.